The van der Waals surface area contributed by atoms with Crippen LogP contribution in [-0.2, 0) is 10.0 Å². The normalized spacial score (nSPS) is 16.2. The van der Waals surface area contributed by atoms with E-state index in [0.717, 1.165) is 6.07 Å². The van der Waals surface area contributed by atoms with Gasteiger partial charge in [0, 0.05) is 36.7 Å². The molecule has 0 atom stereocenters. The minimum atomic E-state index is -3.97. The molecular weight excluding hydrogens is 417 g/mol. The molecule has 1 aromatic carbocycles. The van der Waals surface area contributed by atoms with Gasteiger partial charge in [-0.2, -0.15) is 4.31 Å². The van der Waals surface area contributed by atoms with Gasteiger partial charge in [-0.15, -0.1) is 0 Å². The highest BCUT2D eigenvalue weighted by Crippen LogP contribution is 2.24. The van der Waals surface area contributed by atoms with Crippen molar-refractivity contribution in [3.63, 3.8) is 0 Å². The first kappa shape index (κ1) is 18.0. The van der Waals surface area contributed by atoms with Gasteiger partial charge in [0.15, 0.2) is 0 Å². The van der Waals surface area contributed by atoms with Gasteiger partial charge in [0.25, 0.3) is 5.91 Å². The van der Waals surface area contributed by atoms with Crippen LogP contribution in [0.25, 0.3) is 0 Å². The summed E-state index contributed by atoms with van der Waals surface area (Å²) in [4.78, 5) is 13.4. The van der Waals surface area contributed by atoms with Crippen LogP contribution in [0, 0.1) is 12.7 Å². The Morgan fingerprint density at radius 3 is 2.52 bits per heavy atom. The van der Waals surface area contributed by atoms with Crippen LogP contribution in [0.2, 0.25) is 0 Å². The third-order valence-corrected chi connectivity index (χ3v) is 6.28. The molecule has 1 saturated heterocycles. The zero-order valence-electron chi connectivity index (χ0n) is 13.3. The highest BCUT2D eigenvalue weighted by molar-refractivity contribution is 9.10. The van der Waals surface area contributed by atoms with Crippen LogP contribution in [0.1, 0.15) is 16.2 Å². The lowest BCUT2D eigenvalue weighted by molar-refractivity contribution is 0.0656. The fraction of sp³-hybridized carbons (Fsp3) is 0.333. The van der Waals surface area contributed by atoms with Crippen LogP contribution in [-0.4, -0.2) is 54.9 Å². The molecule has 0 N–H and O–H groups in total. The number of hydrogen-bond acceptors (Lipinski definition) is 5. The Morgan fingerprint density at radius 2 is 1.92 bits per heavy atom. The van der Waals surface area contributed by atoms with Gasteiger partial charge in [-0.1, -0.05) is 21.1 Å². The second-order valence-electron chi connectivity index (χ2n) is 5.60. The Bertz CT molecular complexity index is 907. The Morgan fingerprint density at radius 1 is 1.24 bits per heavy atom. The highest BCUT2D eigenvalue weighted by Gasteiger charge is 2.33. The number of hydrogen-bond donors (Lipinski definition) is 0. The Kier molecular flexibility index (Phi) is 4.94. The van der Waals surface area contributed by atoms with E-state index in [0.29, 0.717) is 10.2 Å². The number of halogens is 2. The van der Waals surface area contributed by atoms with Gasteiger partial charge in [0.2, 0.25) is 15.8 Å². The van der Waals surface area contributed by atoms with Crippen LogP contribution < -0.4 is 0 Å². The van der Waals surface area contributed by atoms with E-state index in [1.807, 2.05) is 0 Å². The average molecular weight is 432 g/mol. The molecule has 0 saturated carbocycles. The van der Waals surface area contributed by atoms with Crippen molar-refractivity contribution < 1.29 is 22.1 Å². The van der Waals surface area contributed by atoms with E-state index in [1.165, 1.54) is 27.4 Å². The molecule has 3 rings (SSSR count). The molecule has 1 fully saturated rings. The van der Waals surface area contributed by atoms with Crippen LogP contribution in [0.3, 0.4) is 0 Å². The first-order chi connectivity index (χ1) is 11.8. The van der Waals surface area contributed by atoms with Gasteiger partial charge in [-0.05, 0) is 25.1 Å². The number of amides is 1. The quantitative estimate of drug-likeness (QED) is 0.742. The molecule has 1 aliphatic heterocycles. The summed E-state index contributed by atoms with van der Waals surface area (Å²) in [5, 5.41) is 3.67. The van der Waals surface area contributed by atoms with Gasteiger partial charge < -0.3 is 9.42 Å². The summed E-state index contributed by atoms with van der Waals surface area (Å²) in [6.45, 7) is 2.23. The molecule has 7 nitrogen and oxygen atoms in total. The second-order valence-corrected chi connectivity index (χ2v) is 8.43. The molecule has 25 heavy (non-hydrogen) atoms. The van der Waals surface area contributed by atoms with E-state index in [9.17, 15) is 17.6 Å². The molecule has 134 valence electrons. The average Bonchev–Trinajstić information content (AvgIpc) is 3.03. The van der Waals surface area contributed by atoms with Crippen molar-refractivity contribution in [3.05, 3.63) is 46.0 Å². The number of benzene rings is 1. The molecule has 1 amide bonds. The van der Waals surface area contributed by atoms with E-state index in [1.54, 1.807) is 6.92 Å². The molecule has 0 bridgehead atoms. The lowest BCUT2D eigenvalue weighted by atomic mass is 10.3. The summed E-state index contributed by atoms with van der Waals surface area (Å²) < 4.78 is 45.8. The summed E-state index contributed by atoms with van der Waals surface area (Å²) in [6.07, 6.45) is 0. The molecular formula is C15H15BrFN3O4S. The SMILES string of the molecule is Cc1cc(C(=O)N2CCN(S(=O)(=O)c3cc(Br)ccc3F)CC2)on1. The number of sulfonamides is 1. The molecule has 0 unspecified atom stereocenters. The van der Waals surface area contributed by atoms with E-state index >= 15 is 0 Å². The van der Waals surface area contributed by atoms with Crippen molar-refractivity contribution in [2.45, 2.75) is 11.8 Å². The van der Waals surface area contributed by atoms with Crippen LogP contribution in [0.15, 0.2) is 38.2 Å². The van der Waals surface area contributed by atoms with Gasteiger partial charge in [-0.3, -0.25) is 4.79 Å². The summed E-state index contributed by atoms with van der Waals surface area (Å²) >= 11 is 3.15. The summed E-state index contributed by atoms with van der Waals surface area (Å²) in [7, 11) is -3.97. The number of piperazine rings is 1. The molecule has 2 aromatic rings. The minimum absolute atomic E-state index is 0.0765. The molecule has 1 aromatic heterocycles. The number of aromatic nitrogens is 1. The zero-order chi connectivity index (χ0) is 18.2. The maximum Gasteiger partial charge on any atom is 0.292 e. The molecule has 0 spiro atoms. The Labute approximate surface area is 152 Å². The molecule has 2 heterocycles. The lowest BCUT2D eigenvalue weighted by Gasteiger charge is -2.33. The summed E-state index contributed by atoms with van der Waals surface area (Å²) in [6, 6.07) is 5.30. The third-order valence-electron chi connectivity index (χ3n) is 3.88. The number of carbonyl (C=O) groups is 1. The minimum Gasteiger partial charge on any atom is -0.351 e. The van der Waals surface area contributed by atoms with Crippen LogP contribution >= 0.6 is 15.9 Å². The van der Waals surface area contributed by atoms with Crippen molar-refractivity contribution >= 4 is 31.9 Å². The topological polar surface area (TPSA) is 83.7 Å². The number of nitrogens with zero attached hydrogens (tertiary/aromatic N) is 3. The fourth-order valence-corrected chi connectivity index (χ4v) is 4.59. The van der Waals surface area contributed by atoms with E-state index in [4.69, 9.17) is 4.52 Å². The van der Waals surface area contributed by atoms with Gasteiger partial charge in [0.1, 0.15) is 10.7 Å². The summed E-state index contributed by atoms with van der Waals surface area (Å²) in [5.74, 6) is -1.03. The van der Waals surface area contributed by atoms with E-state index in [-0.39, 0.29) is 42.7 Å². The number of rotatable bonds is 3. The number of carbonyl (C=O) groups excluding carboxylic acids is 1. The van der Waals surface area contributed by atoms with Gasteiger partial charge >= 0.3 is 0 Å². The van der Waals surface area contributed by atoms with Crippen molar-refractivity contribution in [2.75, 3.05) is 26.2 Å². The summed E-state index contributed by atoms with van der Waals surface area (Å²) in [5.41, 5.74) is 0.592. The Balaban J connectivity index is 1.73. The van der Waals surface area contributed by atoms with Crippen molar-refractivity contribution in [3.8, 4) is 0 Å². The lowest BCUT2D eigenvalue weighted by Crippen LogP contribution is -2.50. The van der Waals surface area contributed by atoms with E-state index in [2.05, 4.69) is 21.1 Å². The Hall–Kier alpha value is -1.78. The predicted octanol–water partition coefficient (Wildman–Crippen LogP) is 2.03. The van der Waals surface area contributed by atoms with Crippen molar-refractivity contribution in [1.29, 1.82) is 0 Å². The third kappa shape index (κ3) is 3.60. The standard InChI is InChI=1S/C15H15BrFN3O4S/c1-10-8-13(24-18-10)15(21)19-4-6-20(7-5-19)25(22,23)14-9-11(16)2-3-12(14)17/h2-3,8-9H,4-7H2,1H3. The first-order valence-electron chi connectivity index (χ1n) is 7.47. The molecule has 10 heteroatoms. The highest BCUT2D eigenvalue weighted by atomic mass is 79.9. The predicted molar refractivity (Wildman–Crippen MR) is 90.0 cm³/mol. The maximum atomic E-state index is 13.9. The van der Waals surface area contributed by atoms with Gasteiger partial charge in [-0.25, -0.2) is 12.8 Å². The maximum absolute atomic E-state index is 13.9. The molecule has 1 aliphatic rings. The largest absolute Gasteiger partial charge is 0.351 e. The van der Waals surface area contributed by atoms with Gasteiger partial charge in [0.05, 0.1) is 5.69 Å². The number of aryl methyl sites for hydroxylation is 1. The smallest absolute Gasteiger partial charge is 0.292 e. The second kappa shape index (κ2) is 6.85. The van der Waals surface area contributed by atoms with E-state index < -0.39 is 15.8 Å². The fourth-order valence-electron chi connectivity index (χ4n) is 2.57. The van der Waals surface area contributed by atoms with Crippen molar-refractivity contribution in [2.24, 2.45) is 0 Å². The molecule has 0 radical (unpaired) electrons. The monoisotopic (exact) mass is 431 g/mol. The molecule has 0 aliphatic carbocycles. The van der Waals surface area contributed by atoms with Crippen LogP contribution in [0.5, 0.6) is 0 Å². The zero-order valence-corrected chi connectivity index (χ0v) is 15.7. The van der Waals surface area contributed by atoms with Crippen LogP contribution in [0.4, 0.5) is 4.39 Å². The first-order valence-corrected chi connectivity index (χ1v) is 9.70. The van der Waals surface area contributed by atoms with Crippen molar-refractivity contribution in [1.82, 2.24) is 14.4 Å².